The second-order valence-corrected chi connectivity index (χ2v) is 4.90. The molecular formula is C12H13Cl2N3. The van der Waals surface area contributed by atoms with E-state index in [0.29, 0.717) is 22.8 Å². The van der Waals surface area contributed by atoms with Gasteiger partial charge in [-0.25, -0.2) is 9.97 Å². The molecule has 0 bridgehead atoms. The van der Waals surface area contributed by atoms with Crippen molar-refractivity contribution in [2.24, 2.45) is 0 Å². The van der Waals surface area contributed by atoms with Gasteiger partial charge < -0.3 is 4.57 Å². The lowest BCUT2D eigenvalue weighted by atomic mass is 10.2. The van der Waals surface area contributed by atoms with Crippen LogP contribution in [-0.4, -0.2) is 14.5 Å². The Morgan fingerprint density at radius 2 is 2.06 bits per heavy atom. The van der Waals surface area contributed by atoms with Gasteiger partial charge in [-0.2, -0.15) is 0 Å². The Hall–Kier alpha value is -1.06. The summed E-state index contributed by atoms with van der Waals surface area (Å²) in [7, 11) is 0. The first-order valence-corrected chi connectivity index (χ1v) is 6.15. The van der Waals surface area contributed by atoms with Crippen molar-refractivity contribution in [1.29, 1.82) is 0 Å². The van der Waals surface area contributed by atoms with Gasteiger partial charge in [0.25, 0.3) is 0 Å². The number of pyridine rings is 1. The Bertz CT molecular complexity index is 520. The highest BCUT2D eigenvalue weighted by Gasteiger charge is 2.09. The Labute approximate surface area is 110 Å². The Morgan fingerprint density at radius 1 is 1.29 bits per heavy atom. The first-order chi connectivity index (χ1) is 8.08. The summed E-state index contributed by atoms with van der Waals surface area (Å²) in [5, 5.41) is 0.856. The molecule has 2 aromatic rings. The Kier molecular flexibility index (Phi) is 3.69. The minimum absolute atomic E-state index is 0.379. The van der Waals surface area contributed by atoms with Gasteiger partial charge in [0.2, 0.25) is 0 Å². The van der Waals surface area contributed by atoms with Crippen LogP contribution >= 0.6 is 23.2 Å². The summed E-state index contributed by atoms with van der Waals surface area (Å²) in [5.41, 5.74) is 0.941. The molecule has 3 nitrogen and oxygen atoms in total. The summed E-state index contributed by atoms with van der Waals surface area (Å²) in [6.45, 7) is 4.89. The van der Waals surface area contributed by atoms with E-state index in [1.807, 2.05) is 12.3 Å². The van der Waals surface area contributed by atoms with Crippen LogP contribution in [0.2, 0.25) is 10.3 Å². The number of hydrogen-bond acceptors (Lipinski definition) is 2. The molecule has 0 amide bonds. The van der Waals surface area contributed by atoms with Crippen molar-refractivity contribution >= 4 is 23.2 Å². The number of imidazole rings is 1. The lowest BCUT2D eigenvalue weighted by Crippen LogP contribution is -2.06. The monoisotopic (exact) mass is 269 g/mol. The molecule has 2 aromatic heterocycles. The highest BCUT2D eigenvalue weighted by Crippen LogP contribution is 2.20. The molecule has 0 spiro atoms. The summed E-state index contributed by atoms with van der Waals surface area (Å²) < 4.78 is 2.07. The number of hydrogen-bond donors (Lipinski definition) is 0. The molecular weight excluding hydrogens is 257 g/mol. The zero-order valence-corrected chi connectivity index (χ0v) is 11.2. The molecule has 2 heterocycles. The topological polar surface area (TPSA) is 30.7 Å². The second-order valence-electron chi connectivity index (χ2n) is 4.15. The lowest BCUT2D eigenvalue weighted by Gasteiger charge is -2.11. The number of halogens is 2. The van der Waals surface area contributed by atoms with Gasteiger partial charge in [0, 0.05) is 23.9 Å². The summed E-state index contributed by atoms with van der Waals surface area (Å²) >= 11 is 11.8. The highest BCUT2D eigenvalue weighted by molar-refractivity contribution is 6.32. The van der Waals surface area contributed by atoms with Crippen molar-refractivity contribution in [2.75, 3.05) is 0 Å². The van der Waals surface area contributed by atoms with Crippen molar-refractivity contribution in [3.63, 3.8) is 0 Å². The van der Waals surface area contributed by atoms with Gasteiger partial charge in [-0.05, 0) is 6.07 Å². The van der Waals surface area contributed by atoms with Gasteiger partial charge >= 0.3 is 0 Å². The van der Waals surface area contributed by atoms with E-state index in [4.69, 9.17) is 23.2 Å². The van der Waals surface area contributed by atoms with Crippen molar-refractivity contribution in [3.05, 3.63) is 46.2 Å². The molecule has 0 fully saturated rings. The van der Waals surface area contributed by atoms with Gasteiger partial charge in [-0.15, -0.1) is 0 Å². The molecule has 0 aliphatic rings. The second kappa shape index (κ2) is 5.07. The Morgan fingerprint density at radius 3 is 2.71 bits per heavy atom. The molecule has 17 heavy (non-hydrogen) atoms. The van der Waals surface area contributed by atoms with Gasteiger partial charge in [-0.1, -0.05) is 43.1 Å². The van der Waals surface area contributed by atoms with E-state index < -0.39 is 0 Å². The van der Waals surface area contributed by atoms with Gasteiger partial charge in [0.1, 0.15) is 16.1 Å². The van der Waals surface area contributed by atoms with Crippen LogP contribution in [0.5, 0.6) is 0 Å². The number of nitrogens with zero attached hydrogens (tertiary/aromatic N) is 3. The van der Waals surface area contributed by atoms with Crippen LogP contribution in [0.1, 0.15) is 31.2 Å². The first-order valence-electron chi connectivity index (χ1n) is 5.40. The van der Waals surface area contributed by atoms with Crippen LogP contribution in [0.4, 0.5) is 0 Å². The van der Waals surface area contributed by atoms with Crippen molar-refractivity contribution in [1.82, 2.24) is 14.5 Å². The molecule has 0 radical (unpaired) electrons. The normalized spacial score (nSPS) is 11.1. The van der Waals surface area contributed by atoms with Crippen LogP contribution < -0.4 is 0 Å². The van der Waals surface area contributed by atoms with Gasteiger partial charge in [0.15, 0.2) is 0 Å². The summed E-state index contributed by atoms with van der Waals surface area (Å²) in [6.07, 6.45) is 3.74. The van der Waals surface area contributed by atoms with Crippen LogP contribution in [0.25, 0.3) is 0 Å². The number of aromatic nitrogens is 3. The maximum absolute atomic E-state index is 6.05. The molecule has 0 aliphatic carbocycles. The largest absolute Gasteiger partial charge is 0.330 e. The average Bonchev–Trinajstić information content (AvgIpc) is 2.70. The third-order valence-electron chi connectivity index (χ3n) is 2.50. The molecule has 0 atom stereocenters. The fourth-order valence-electron chi connectivity index (χ4n) is 1.70. The zero-order chi connectivity index (χ0) is 12.4. The predicted molar refractivity (Wildman–Crippen MR) is 69.7 cm³/mol. The smallest absolute Gasteiger partial charge is 0.135 e. The summed E-state index contributed by atoms with van der Waals surface area (Å²) in [4.78, 5) is 8.36. The average molecular weight is 270 g/mol. The van der Waals surface area contributed by atoms with E-state index in [-0.39, 0.29) is 0 Å². The van der Waals surface area contributed by atoms with Crippen molar-refractivity contribution < 1.29 is 0 Å². The SMILES string of the molecule is CC(C)c1nccn1Cc1ccc(Cl)nc1Cl. The minimum atomic E-state index is 0.379. The predicted octanol–water partition coefficient (Wildman–Crippen LogP) is 3.76. The van der Waals surface area contributed by atoms with Gasteiger partial charge in [0.05, 0.1) is 6.54 Å². The third-order valence-corrected chi connectivity index (χ3v) is 3.03. The molecule has 0 unspecified atom stereocenters. The van der Waals surface area contributed by atoms with E-state index in [9.17, 15) is 0 Å². The zero-order valence-electron chi connectivity index (χ0n) is 9.69. The molecule has 5 heteroatoms. The maximum atomic E-state index is 6.05. The van der Waals surface area contributed by atoms with E-state index in [0.717, 1.165) is 11.4 Å². The molecule has 2 rings (SSSR count). The standard InChI is InChI=1S/C12H13Cl2N3/c1-8(2)12-15-5-6-17(12)7-9-3-4-10(13)16-11(9)14/h3-6,8H,7H2,1-2H3. The maximum Gasteiger partial charge on any atom is 0.135 e. The lowest BCUT2D eigenvalue weighted by molar-refractivity contribution is 0.668. The minimum Gasteiger partial charge on any atom is -0.330 e. The van der Waals surface area contributed by atoms with E-state index in [2.05, 4.69) is 28.4 Å². The molecule has 0 aromatic carbocycles. The van der Waals surface area contributed by atoms with Crippen LogP contribution in [0.3, 0.4) is 0 Å². The van der Waals surface area contributed by atoms with Crippen molar-refractivity contribution in [3.8, 4) is 0 Å². The van der Waals surface area contributed by atoms with Crippen molar-refractivity contribution in [2.45, 2.75) is 26.3 Å². The first kappa shape index (κ1) is 12.4. The quantitative estimate of drug-likeness (QED) is 0.795. The summed E-state index contributed by atoms with van der Waals surface area (Å²) in [6, 6.07) is 3.64. The molecule has 90 valence electrons. The number of rotatable bonds is 3. The van der Waals surface area contributed by atoms with Crippen LogP contribution in [0.15, 0.2) is 24.5 Å². The molecule has 0 saturated carbocycles. The summed E-state index contributed by atoms with van der Waals surface area (Å²) in [5.74, 6) is 1.42. The van der Waals surface area contributed by atoms with E-state index in [1.165, 1.54) is 0 Å². The van der Waals surface area contributed by atoms with Crippen LogP contribution in [0, 0.1) is 0 Å². The van der Waals surface area contributed by atoms with Gasteiger partial charge in [-0.3, -0.25) is 0 Å². The molecule has 0 N–H and O–H groups in total. The molecule has 0 saturated heterocycles. The van der Waals surface area contributed by atoms with Crippen LogP contribution in [-0.2, 0) is 6.54 Å². The molecule has 0 aliphatic heterocycles. The highest BCUT2D eigenvalue weighted by atomic mass is 35.5. The van der Waals surface area contributed by atoms with E-state index in [1.54, 1.807) is 12.3 Å². The van der Waals surface area contributed by atoms with E-state index >= 15 is 0 Å². The Balaban J connectivity index is 2.28. The fraction of sp³-hybridized carbons (Fsp3) is 0.333. The third kappa shape index (κ3) is 2.79. The fourth-order valence-corrected chi connectivity index (χ4v) is 2.10.